The third kappa shape index (κ3) is 3.77. The van der Waals surface area contributed by atoms with Crippen LogP contribution in [0.4, 0.5) is 5.69 Å². The van der Waals surface area contributed by atoms with Crippen molar-refractivity contribution in [2.45, 2.75) is 4.90 Å². The number of rotatable bonds is 5. The number of anilines is 1. The number of carbonyl (C=O) groups is 1. The molecule has 0 unspecified atom stereocenters. The lowest BCUT2D eigenvalue weighted by atomic mass is 10.2. The van der Waals surface area contributed by atoms with Crippen LogP contribution in [0.5, 0.6) is 5.75 Å². The van der Waals surface area contributed by atoms with Gasteiger partial charge in [0.25, 0.3) is 5.91 Å². The molecular weight excluding hydrogens is 396 g/mol. The van der Waals surface area contributed by atoms with Crippen molar-refractivity contribution in [2.75, 3.05) is 26.5 Å². The summed E-state index contributed by atoms with van der Waals surface area (Å²) >= 11 is 3.22. The zero-order valence-corrected chi connectivity index (χ0v) is 15.8. The van der Waals surface area contributed by atoms with Gasteiger partial charge in [0.2, 0.25) is 10.0 Å². The van der Waals surface area contributed by atoms with Gasteiger partial charge in [-0.05, 0) is 46.3 Å². The van der Waals surface area contributed by atoms with E-state index in [9.17, 15) is 13.2 Å². The van der Waals surface area contributed by atoms with E-state index in [1.54, 1.807) is 30.3 Å². The van der Waals surface area contributed by atoms with Crippen LogP contribution in [0.3, 0.4) is 0 Å². The average molecular weight is 413 g/mol. The lowest BCUT2D eigenvalue weighted by molar-refractivity contribution is 0.102. The summed E-state index contributed by atoms with van der Waals surface area (Å²) in [6.45, 7) is 0. The summed E-state index contributed by atoms with van der Waals surface area (Å²) in [5.41, 5.74) is 0.731. The lowest BCUT2D eigenvalue weighted by Crippen LogP contribution is -2.23. The molecule has 0 saturated carbocycles. The first-order chi connectivity index (χ1) is 11.3. The number of methoxy groups -OCH3 is 1. The minimum absolute atomic E-state index is 0.0279. The number of sulfonamides is 1. The molecule has 0 aliphatic rings. The lowest BCUT2D eigenvalue weighted by Gasteiger charge is -2.14. The number of ether oxygens (including phenoxy) is 1. The van der Waals surface area contributed by atoms with Crippen LogP contribution in [0, 0.1) is 0 Å². The third-order valence-electron chi connectivity index (χ3n) is 3.31. The largest absolute Gasteiger partial charge is 0.495 e. The van der Waals surface area contributed by atoms with Gasteiger partial charge in [-0.2, -0.15) is 0 Å². The molecule has 1 N–H and O–H groups in total. The van der Waals surface area contributed by atoms with Crippen molar-refractivity contribution in [3.8, 4) is 5.75 Å². The molecule has 2 aromatic carbocycles. The molecule has 0 fully saturated rings. The zero-order valence-electron chi connectivity index (χ0n) is 13.4. The molecule has 0 radical (unpaired) electrons. The molecule has 0 heterocycles. The molecule has 2 rings (SSSR count). The third-order valence-corrected chi connectivity index (χ3v) is 6.12. The van der Waals surface area contributed by atoms with E-state index in [1.807, 2.05) is 0 Å². The van der Waals surface area contributed by atoms with Gasteiger partial charge < -0.3 is 10.1 Å². The Balaban J connectivity index is 2.38. The fraction of sp³-hybridized carbons (Fsp3) is 0.188. The smallest absolute Gasteiger partial charge is 0.255 e. The van der Waals surface area contributed by atoms with Crippen LogP contribution in [0.15, 0.2) is 51.8 Å². The van der Waals surface area contributed by atoms with Crippen molar-refractivity contribution in [1.29, 1.82) is 0 Å². The van der Waals surface area contributed by atoms with Crippen LogP contribution < -0.4 is 10.1 Å². The van der Waals surface area contributed by atoms with Crippen molar-refractivity contribution >= 4 is 37.5 Å². The number of hydrogen-bond acceptors (Lipinski definition) is 4. The molecule has 0 atom stereocenters. The highest BCUT2D eigenvalue weighted by molar-refractivity contribution is 9.10. The maximum Gasteiger partial charge on any atom is 0.255 e. The standard InChI is InChI=1S/C16H17BrN2O4S/c1-19(2)24(21,22)15-10-11(8-9-12(15)17)16(20)18-13-6-4-5-7-14(13)23-3/h4-10H,1-3H3,(H,18,20). The minimum Gasteiger partial charge on any atom is -0.495 e. The van der Waals surface area contributed by atoms with Gasteiger partial charge in [-0.15, -0.1) is 0 Å². The SMILES string of the molecule is COc1ccccc1NC(=O)c1ccc(Br)c(S(=O)(=O)N(C)C)c1. The number of para-hydroxylation sites is 2. The molecule has 128 valence electrons. The summed E-state index contributed by atoms with van der Waals surface area (Å²) in [7, 11) is 0.707. The van der Waals surface area contributed by atoms with E-state index in [2.05, 4.69) is 21.2 Å². The van der Waals surface area contributed by atoms with Crippen LogP contribution in [0.25, 0.3) is 0 Å². The minimum atomic E-state index is -3.67. The van der Waals surface area contributed by atoms with E-state index in [1.165, 1.54) is 33.3 Å². The number of benzene rings is 2. The van der Waals surface area contributed by atoms with Gasteiger partial charge in [-0.25, -0.2) is 12.7 Å². The Morgan fingerprint density at radius 2 is 1.83 bits per heavy atom. The topological polar surface area (TPSA) is 75.7 Å². The van der Waals surface area contributed by atoms with Crippen LogP contribution in [-0.4, -0.2) is 39.8 Å². The van der Waals surface area contributed by atoms with Crippen LogP contribution in [0.1, 0.15) is 10.4 Å². The van der Waals surface area contributed by atoms with E-state index >= 15 is 0 Å². The van der Waals surface area contributed by atoms with E-state index < -0.39 is 15.9 Å². The number of carbonyl (C=O) groups excluding carboxylic acids is 1. The Labute approximate surface area is 149 Å². The highest BCUT2D eigenvalue weighted by atomic mass is 79.9. The molecule has 0 aromatic heterocycles. The van der Waals surface area contributed by atoms with Crippen molar-refractivity contribution in [2.24, 2.45) is 0 Å². The molecule has 0 bridgehead atoms. The number of amides is 1. The van der Waals surface area contributed by atoms with Crippen molar-refractivity contribution < 1.29 is 17.9 Å². The molecule has 8 heteroatoms. The Morgan fingerprint density at radius 3 is 2.46 bits per heavy atom. The van der Waals surface area contributed by atoms with Crippen LogP contribution in [0.2, 0.25) is 0 Å². The normalized spacial score (nSPS) is 11.4. The van der Waals surface area contributed by atoms with E-state index in [-0.39, 0.29) is 10.5 Å². The fourth-order valence-corrected chi connectivity index (χ4v) is 3.83. The predicted molar refractivity (Wildman–Crippen MR) is 96.0 cm³/mol. The first-order valence-corrected chi connectivity index (χ1v) is 9.17. The fourth-order valence-electron chi connectivity index (χ4n) is 1.98. The molecule has 0 aliphatic carbocycles. The Hall–Kier alpha value is -1.90. The number of hydrogen-bond donors (Lipinski definition) is 1. The molecule has 0 spiro atoms. The summed E-state index contributed by atoms with van der Waals surface area (Å²) in [6.07, 6.45) is 0. The van der Waals surface area contributed by atoms with Gasteiger partial charge in [0.15, 0.2) is 0 Å². The van der Waals surface area contributed by atoms with Gasteiger partial charge in [0.05, 0.1) is 17.7 Å². The predicted octanol–water partition coefficient (Wildman–Crippen LogP) is 2.96. The van der Waals surface area contributed by atoms with Crippen LogP contribution >= 0.6 is 15.9 Å². The maximum atomic E-state index is 12.5. The first-order valence-electron chi connectivity index (χ1n) is 6.94. The summed E-state index contributed by atoms with van der Waals surface area (Å²) < 4.78 is 31.3. The molecule has 24 heavy (non-hydrogen) atoms. The van der Waals surface area contributed by atoms with E-state index in [0.29, 0.717) is 15.9 Å². The highest BCUT2D eigenvalue weighted by Gasteiger charge is 2.22. The van der Waals surface area contributed by atoms with Crippen molar-refractivity contribution in [3.63, 3.8) is 0 Å². The van der Waals surface area contributed by atoms with Crippen LogP contribution in [-0.2, 0) is 10.0 Å². The number of nitrogens with one attached hydrogen (secondary N) is 1. The van der Waals surface area contributed by atoms with Gasteiger partial charge in [-0.1, -0.05) is 12.1 Å². The summed E-state index contributed by atoms with van der Waals surface area (Å²) in [6, 6.07) is 11.4. The number of halogens is 1. The Kier molecular flexibility index (Phi) is 5.63. The first kappa shape index (κ1) is 18.4. The second kappa shape index (κ2) is 7.33. The molecule has 0 saturated heterocycles. The maximum absolute atomic E-state index is 12.5. The zero-order chi connectivity index (χ0) is 17.9. The summed E-state index contributed by atoms with van der Waals surface area (Å²) in [5, 5.41) is 2.72. The van der Waals surface area contributed by atoms with Crippen molar-refractivity contribution in [1.82, 2.24) is 4.31 Å². The average Bonchev–Trinajstić information content (AvgIpc) is 2.55. The Bertz CT molecular complexity index is 866. The molecule has 1 amide bonds. The summed E-state index contributed by atoms with van der Waals surface area (Å²) in [4.78, 5) is 12.5. The van der Waals surface area contributed by atoms with Gasteiger partial charge >= 0.3 is 0 Å². The quantitative estimate of drug-likeness (QED) is 0.818. The summed E-state index contributed by atoms with van der Waals surface area (Å²) in [5.74, 6) is 0.0892. The van der Waals surface area contributed by atoms with E-state index in [0.717, 1.165) is 4.31 Å². The number of nitrogens with zero attached hydrogens (tertiary/aromatic N) is 1. The molecular formula is C16H17BrN2O4S. The second-order valence-electron chi connectivity index (χ2n) is 5.09. The molecule has 2 aromatic rings. The monoisotopic (exact) mass is 412 g/mol. The molecule has 6 nitrogen and oxygen atoms in total. The Morgan fingerprint density at radius 1 is 1.17 bits per heavy atom. The highest BCUT2D eigenvalue weighted by Crippen LogP contribution is 2.27. The van der Waals surface area contributed by atoms with E-state index in [4.69, 9.17) is 4.74 Å². The van der Waals surface area contributed by atoms with Gasteiger partial charge in [0, 0.05) is 24.1 Å². The molecule has 0 aliphatic heterocycles. The van der Waals surface area contributed by atoms with Crippen molar-refractivity contribution in [3.05, 3.63) is 52.5 Å². The van der Waals surface area contributed by atoms with Gasteiger partial charge in [0.1, 0.15) is 5.75 Å². The van der Waals surface area contributed by atoms with Gasteiger partial charge in [-0.3, -0.25) is 4.79 Å². The second-order valence-corrected chi connectivity index (χ2v) is 8.06.